The van der Waals surface area contributed by atoms with Crippen LogP contribution >= 0.6 is 0 Å². The molecule has 0 aromatic heterocycles. The highest BCUT2D eigenvalue weighted by Crippen LogP contribution is 2.24. The molecule has 0 unspecified atom stereocenters. The Morgan fingerprint density at radius 3 is 2.69 bits per heavy atom. The van der Waals surface area contributed by atoms with E-state index in [1.54, 1.807) is 7.05 Å². The Morgan fingerprint density at radius 2 is 2.15 bits per heavy atom. The minimum Gasteiger partial charge on any atom is -0.387 e. The lowest BCUT2D eigenvalue weighted by Gasteiger charge is -2.07. The number of nitrogens with one attached hydrogen (secondary N) is 1. The second kappa shape index (κ2) is 4.84. The van der Waals surface area contributed by atoms with E-state index in [2.05, 4.69) is 10.3 Å². The molecule has 0 aliphatic heterocycles. The van der Waals surface area contributed by atoms with Crippen LogP contribution in [0.1, 0.15) is 25.7 Å². The van der Waals surface area contributed by atoms with Gasteiger partial charge in [0.15, 0.2) is 0 Å². The number of hydrogen-bond donors (Lipinski definition) is 2. The molecule has 0 bridgehead atoms. The summed E-state index contributed by atoms with van der Waals surface area (Å²) in [6.07, 6.45) is 4.73. The van der Waals surface area contributed by atoms with E-state index < -0.39 is 0 Å². The third kappa shape index (κ3) is 3.05. The molecule has 0 spiro atoms. The third-order valence-corrected chi connectivity index (χ3v) is 2.46. The first-order chi connectivity index (χ1) is 6.24. The number of hydrogen-bond acceptors (Lipinski definition) is 2. The van der Waals surface area contributed by atoms with Crippen molar-refractivity contribution < 1.29 is 4.79 Å². The first-order valence-electron chi connectivity index (χ1n) is 4.74. The van der Waals surface area contributed by atoms with E-state index in [0.29, 0.717) is 11.8 Å². The van der Waals surface area contributed by atoms with Crippen LogP contribution in [-0.2, 0) is 4.79 Å². The Balaban J connectivity index is 2.36. The fourth-order valence-electron chi connectivity index (χ4n) is 1.59. The Morgan fingerprint density at radius 1 is 1.54 bits per heavy atom. The smallest absolute Gasteiger partial charge is 0.241 e. The summed E-state index contributed by atoms with van der Waals surface area (Å²) in [5.41, 5.74) is 5.75. The highest BCUT2D eigenvalue weighted by molar-refractivity contribution is 5.86. The number of amides is 1. The van der Waals surface area contributed by atoms with Gasteiger partial charge in [-0.05, 0) is 12.8 Å². The molecule has 0 saturated heterocycles. The summed E-state index contributed by atoms with van der Waals surface area (Å²) in [7, 11) is 1.60. The lowest BCUT2D eigenvalue weighted by atomic mass is 10.1. The third-order valence-electron chi connectivity index (χ3n) is 2.46. The largest absolute Gasteiger partial charge is 0.387 e. The van der Waals surface area contributed by atoms with Crippen molar-refractivity contribution in [1.82, 2.24) is 5.32 Å². The number of amidine groups is 1. The Bertz CT molecular complexity index is 207. The summed E-state index contributed by atoms with van der Waals surface area (Å²) in [4.78, 5) is 14.9. The molecule has 0 atom stereocenters. The fraction of sp³-hybridized carbons (Fsp3) is 0.778. The molecular weight excluding hydrogens is 166 g/mol. The quantitative estimate of drug-likeness (QED) is 0.487. The maximum atomic E-state index is 10.9. The van der Waals surface area contributed by atoms with E-state index in [4.69, 9.17) is 5.73 Å². The average Bonchev–Trinajstić information content (AvgIpc) is 2.66. The standard InChI is InChI=1S/C9H17N3O/c1-11-8(13)6-12-9(10)7-4-2-3-5-7/h7H,2-6H2,1H3,(H2,10,12)(H,11,13). The van der Waals surface area contributed by atoms with Gasteiger partial charge in [-0.15, -0.1) is 0 Å². The van der Waals surface area contributed by atoms with Crippen molar-refractivity contribution in [2.45, 2.75) is 25.7 Å². The second-order valence-electron chi connectivity index (χ2n) is 3.40. The van der Waals surface area contributed by atoms with E-state index in [1.807, 2.05) is 0 Å². The SMILES string of the molecule is CNC(=O)CN=C(N)C1CCCC1. The maximum absolute atomic E-state index is 10.9. The molecule has 1 aliphatic rings. The van der Waals surface area contributed by atoms with Gasteiger partial charge in [-0.2, -0.15) is 0 Å². The monoisotopic (exact) mass is 183 g/mol. The summed E-state index contributed by atoms with van der Waals surface area (Å²) in [6, 6.07) is 0. The molecule has 1 saturated carbocycles. The lowest BCUT2D eigenvalue weighted by Crippen LogP contribution is -2.26. The van der Waals surface area contributed by atoms with E-state index in [1.165, 1.54) is 12.8 Å². The zero-order valence-corrected chi connectivity index (χ0v) is 8.05. The second-order valence-corrected chi connectivity index (χ2v) is 3.40. The normalized spacial score (nSPS) is 19.0. The first-order valence-corrected chi connectivity index (χ1v) is 4.74. The summed E-state index contributed by atoms with van der Waals surface area (Å²) in [5.74, 6) is 0.992. The molecule has 1 rings (SSSR count). The van der Waals surface area contributed by atoms with Gasteiger partial charge in [-0.3, -0.25) is 9.79 Å². The lowest BCUT2D eigenvalue weighted by molar-refractivity contribution is -0.119. The van der Waals surface area contributed by atoms with Gasteiger partial charge in [-0.1, -0.05) is 12.8 Å². The Labute approximate surface area is 78.6 Å². The van der Waals surface area contributed by atoms with Gasteiger partial charge < -0.3 is 11.1 Å². The molecule has 1 amide bonds. The zero-order chi connectivity index (χ0) is 9.68. The fourth-order valence-corrected chi connectivity index (χ4v) is 1.59. The molecule has 0 aromatic carbocycles. The molecule has 74 valence electrons. The van der Waals surface area contributed by atoms with E-state index in [0.717, 1.165) is 12.8 Å². The minimum absolute atomic E-state index is 0.0825. The Hall–Kier alpha value is -1.06. The van der Waals surface area contributed by atoms with Crippen LogP contribution < -0.4 is 11.1 Å². The van der Waals surface area contributed by atoms with Crippen LogP contribution in [0.5, 0.6) is 0 Å². The van der Waals surface area contributed by atoms with Gasteiger partial charge in [-0.25, -0.2) is 0 Å². The van der Waals surface area contributed by atoms with E-state index >= 15 is 0 Å². The van der Waals surface area contributed by atoms with Gasteiger partial charge >= 0.3 is 0 Å². The van der Waals surface area contributed by atoms with Gasteiger partial charge in [0.2, 0.25) is 5.91 Å². The summed E-state index contributed by atoms with van der Waals surface area (Å²) in [6.45, 7) is 0.166. The van der Waals surface area contributed by atoms with Gasteiger partial charge in [0.05, 0.1) is 5.84 Å². The zero-order valence-electron chi connectivity index (χ0n) is 8.05. The molecule has 0 aromatic rings. The van der Waals surface area contributed by atoms with Crippen LogP contribution in [0.15, 0.2) is 4.99 Å². The molecular formula is C9H17N3O. The number of aliphatic imine (C=N–C) groups is 1. The van der Waals surface area contributed by atoms with E-state index in [9.17, 15) is 4.79 Å². The van der Waals surface area contributed by atoms with Gasteiger partial charge in [0, 0.05) is 13.0 Å². The molecule has 0 radical (unpaired) electrons. The van der Waals surface area contributed by atoms with Crippen molar-refractivity contribution in [2.75, 3.05) is 13.6 Å². The van der Waals surface area contributed by atoms with Crippen molar-refractivity contribution in [2.24, 2.45) is 16.6 Å². The molecule has 13 heavy (non-hydrogen) atoms. The molecule has 4 nitrogen and oxygen atoms in total. The average molecular weight is 183 g/mol. The summed E-state index contributed by atoms with van der Waals surface area (Å²) >= 11 is 0. The van der Waals surface area contributed by atoms with Crippen LogP contribution in [0.25, 0.3) is 0 Å². The first kappa shape index (κ1) is 10.0. The molecule has 1 fully saturated rings. The van der Waals surface area contributed by atoms with Crippen LogP contribution in [-0.4, -0.2) is 25.3 Å². The summed E-state index contributed by atoms with van der Waals surface area (Å²) in [5, 5.41) is 2.51. The maximum Gasteiger partial charge on any atom is 0.241 e. The van der Waals surface area contributed by atoms with E-state index in [-0.39, 0.29) is 12.5 Å². The van der Waals surface area contributed by atoms with Crippen molar-refractivity contribution in [3.8, 4) is 0 Å². The predicted octanol–water partition coefficient (Wildman–Crippen LogP) is 0.280. The number of nitrogens with two attached hydrogens (primary N) is 1. The molecule has 4 heteroatoms. The van der Waals surface area contributed by atoms with Crippen LogP contribution in [0, 0.1) is 5.92 Å². The number of rotatable bonds is 3. The van der Waals surface area contributed by atoms with Gasteiger partial charge in [0.25, 0.3) is 0 Å². The van der Waals surface area contributed by atoms with Gasteiger partial charge in [0.1, 0.15) is 6.54 Å². The van der Waals surface area contributed by atoms with Crippen molar-refractivity contribution >= 4 is 11.7 Å². The summed E-state index contributed by atoms with van der Waals surface area (Å²) < 4.78 is 0. The van der Waals surface area contributed by atoms with Crippen molar-refractivity contribution in [3.63, 3.8) is 0 Å². The number of likely N-dealkylation sites (N-methyl/N-ethyl adjacent to an activating group) is 1. The number of carbonyl (C=O) groups is 1. The number of nitrogens with zero attached hydrogens (tertiary/aromatic N) is 1. The van der Waals surface area contributed by atoms with Crippen molar-refractivity contribution in [3.05, 3.63) is 0 Å². The molecule has 3 N–H and O–H groups in total. The van der Waals surface area contributed by atoms with Crippen LogP contribution in [0.4, 0.5) is 0 Å². The van der Waals surface area contributed by atoms with Crippen LogP contribution in [0.3, 0.4) is 0 Å². The Kier molecular flexibility index (Phi) is 3.73. The highest BCUT2D eigenvalue weighted by atomic mass is 16.1. The number of carbonyl (C=O) groups excluding carboxylic acids is 1. The highest BCUT2D eigenvalue weighted by Gasteiger charge is 2.18. The van der Waals surface area contributed by atoms with Crippen LogP contribution in [0.2, 0.25) is 0 Å². The minimum atomic E-state index is -0.0825. The topological polar surface area (TPSA) is 67.5 Å². The molecule has 1 aliphatic carbocycles. The molecule has 0 heterocycles. The predicted molar refractivity (Wildman–Crippen MR) is 52.5 cm³/mol. The van der Waals surface area contributed by atoms with Crippen molar-refractivity contribution in [1.29, 1.82) is 0 Å².